The van der Waals surface area contributed by atoms with Gasteiger partial charge in [0.2, 0.25) is 5.95 Å². The molecule has 0 spiro atoms. The average molecular weight is 304 g/mol. The van der Waals surface area contributed by atoms with Crippen LogP contribution in [0.5, 0.6) is 0 Å². The summed E-state index contributed by atoms with van der Waals surface area (Å²) in [6, 6.07) is 12.0. The predicted molar refractivity (Wildman–Crippen MR) is 90.6 cm³/mol. The van der Waals surface area contributed by atoms with E-state index in [-0.39, 0.29) is 0 Å². The van der Waals surface area contributed by atoms with Crippen LogP contribution in [-0.2, 0) is 7.05 Å². The van der Waals surface area contributed by atoms with Gasteiger partial charge < -0.3 is 10.3 Å². The number of para-hydroxylation sites is 1. The van der Waals surface area contributed by atoms with Gasteiger partial charge in [-0.1, -0.05) is 18.2 Å². The maximum atomic E-state index is 4.61. The number of anilines is 2. The zero-order valence-electron chi connectivity index (χ0n) is 12.9. The van der Waals surface area contributed by atoms with Gasteiger partial charge in [-0.3, -0.25) is 4.68 Å². The van der Waals surface area contributed by atoms with E-state index in [1.165, 1.54) is 0 Å². The molecule has 3 aromatic heterocycles. The van der Waals surface area contributed by atoms with Crippen molar-refractivity contribution in [3.8, 4) is 11.3 Å². The van der Waals surface area contributed by atoms with Crippen molar-refractivity contribution in [3.05, 3.63) is 54.5 Å². The van der Waals surface area contributed by atoms with Gasteiger partial charge in [0, 0.05) is 47.7 Å². The van der Waals surface area contributed by atoms with Crippen molar-refractivity contribution in [3.63, 3.8) is 0 Å². The summed E-state index contributed by atoms with van der Waals surface area (Å²) in [6.07, 6.45) is 3.73. The van der Waals surface area contributed by atoms with E-state index in [1.807, 2.05) is 49.1 Å². The minimum atomic E-state index is 0.533. The van der Waals surface area contributed by atoms with Crippen LogP contribution in [0.25, 0.3) is 22.2 Å². The quantitative estimate of drug-likeness (QED) is 0.608. The second kappa shape index (κ2) is 5.24. The number of fused-ring (bicyclic) bond motifs is 1. The van der Waals surface area contributed by atoms with Crippen LogP contribution >= 0.6 is 0 Å². The Balaban J connectivity index is 1.71. The maximum absolute atomic E-state index is 4.61. The highest BCUT2D eigenvalue weighted by Crippen LogP contribution is 2.27. The molecule has 6 heteroatoms. The van der Waals surface area contributed by atoms with E-state index >= 15 is 0 Å². The molecule has 0 fully saturated rings. The summed E-state index contributed by atoms with van der Waals surface area (Å²) in [7, 11) is 1.91. The Morgan fingerprint density at radius 3 is 2.87 bits per heavy atom. The summed E-state index contributed by atoms with van der Waals surface area (Å²) in [5, 5.41) is 8.66. The van der Waals surface area contributed by atoms with Crippen LogP contribution in [-0.4, -0.2) is 24.7 Å². The van der Waals surface area contributed by atoms with Crippen molar-refractivity contribution in [2.45, 2.75) is 6.92 Å². The number of rotatable bonds is 3. The Labute approximate surface area is 133 Å². The van der Waals surface area contributed by atoms with Gasteiger partial charge in [-0.25, -0.2) is 9.97 Å². The van der Waals surface area contributed by atoms with Crippen molar-refractivity contribution in [1.29, 1.82) is 0 Å². The van der Waals surface area contributed by atoms with Crippen LogP contribution in [0.1, 0.15) is 5.69 Å². The Bertz CT molecular complexity index is 962. The molecule has 0 unspecified atom stereocenters. The molecule has 3 heterocycles. The monoisotopic (exact) mass is 304 g/mol. The van der Waals surface area contributed by atoms with E-state index < -0.39 is 0 Å². The molecule has 23 heavy (non-hydrogen) atoms. The summed E-state index contributed by atoms with van der Waals surface area (Å²) < 4.78 is 1.81. The molecule has 6 nitrogen and oxygen atoms in total. The summed E-state index contributed by atoms with van der Waals surface area (Å²) >= 11 is 0. The van der Waals surface area contributed by atoms with Crippen molar-refractivity contribution >= 4 is 22.7 Å². The highest BCUT2D eigenvalue weighted by atomic mass is 15.3. The number of H-pyrrole nitrogens is 1. The van der Waals surface area contributed by atoms with Gasteiger partial charge in [0.15, 0.2) is 5.82 Å². The molecule has 114 valence electrons. The van der Waals surface area contributed by atoms with E-state index in [9.17, 15) is 0 Å². The molecule has 0 saturated heterocycles. The molecule has 1 aromatic carbocycles. The Morgan fingerprint density at radius 2 is 2.04 bits per heavy atom. The standard InChI is InChI=1S/C17H16N6/c1-11-9-16(22-23(11)2)21-17-18-8-7-15(20-17)13-10-19-14-6-4-3-5-12(13)14/h3-10,19H,1-2H3,(H,18,20,21,22). The fourth-order valence-corrected chi connectivity index (χ4v) is 2.59. The first kappa shape index (κ1) is 13.5. The number of nitrogens with one attached hydrogen (secondary N) is 2. The number of aromatic nitrogens is 5. The van der Waals surface area contributed by atoms with E-state index in [1.54, 1.807) is 6.20 Å². The first-order chi connectivity index (χ1) is 11.2. The van der Waals surface area contributed by atoms with Crippen molar-refractivity contribution < 1.29 is 0 Å². The average Bonchev–Trinajstić information content (AvgIpc) is 3.11. The molecule has 2 N–H and O–H groups in total. The number of aryl methyl sites for hydroxylation is 2. The molecular formula is C17H16N6. The Kier molecular flexibility index (Phi) is 3.08. The summed E-state index contributed by atoms with van der Waals surface area (Å²) in [5.74, 6) is 1.27. The van der Waals surface area contributed by atoms with Gasteiger partial charge >= 0.3 is 0 Å². The third-order valence-electron chi connectivity index (χ3n) is 3.87. The van der Waals surface area contributed by atoms with Crippen molar-refractivity contribution in [1.82, 2.24) is 24.7 Å². The smallest absolute Gasteiger partial charge is 0.228 e. The first-order valence-electron chi connectivity index (χ1n) is 7.38. The molecule has 0 atom stereocenters. The molecule has 0 aliphatic carbocycles. The van der Waals surface area contributed by atoms with Gasteiger partial charge in [-0.2, -0.15) is 5.10 Å². The summed E-state index contributed by atoms with van der Waals surface area (Å²) in [5.41, 5.74) is 4.09. The molecule has 0 aliphatic heterocycles. The number of nitrogens with zero attached hydrogens (tertiary/aromatic N) is 4. The summed E-state index contributed by atoms with van der Waals surface area (Å²) in [6.45, 7) is 2.00. The normalized spacial score (nSPS) is 11.0. The third-order valence-corrected chi connectivity index (χ3v) is 3.87. The van der Waals surface area contributed by atoms with Gasteiger partial charge in [0.05, 0.1) is 5.69 Å². The molecule has 4 rings (SSSR count). The highest BCUT2D eigenvalue weighted by Gasteiger charge is 2.09. The van der Waals surface area contributed by atoms with Crippen molar-refractivity contribution in [2.24, 2.45) is 7.05 Å². The lowest BCUT2D eigenvalue weighted by Gasteiger charge is -2.03. The highest BCUT2D eigenvalue weighted by molar-refractivity contribution is 5.94. The van der Waals surface area contributed by atoms with Crippen LogP contribution in [0.3, 0.4) is 0 Å². The Morgan fingerprint density at radius 1 is 1.17 bits per heavy atom. The number of hydrogen-bond acceptors (Lipinski definition) is 4. The van der Waals surface area contributed by atoms with Crippen LogP contribution in [0.2, 0.25) is 0 Å². The van der Waals surface area contributed by atoms with Gasteiger partial charge in [-0.15, -0.1) is 0 Å². The molecule has 0 radical (unpaired) electrons. The van der Waals surface area contributed by atoms with Crippen LogP contribution in [0.4, 0.5) is 11.8 Å². The molecule has 0 bridgehead atoms. The Hall–Kier alpha value is -3.15. The minimum absolute atomic E-state index is 0.533. The van der Waals surface area contributed by atoms with E-state index in [0.717, 1.165) is 33.7 Å². The number of aromatic amines is 1. The SMILES string of the molecule is Cc1cc(Nc2nccc(-c3c[nH]c4ccccc34)n2)nn1C. The molecular weight excluding hydrogens is 288 g/mol. The lowest BCUT2D eigenvalue weighted by atomic mass is 10.1. The zero-order chi connectivity index (χ0) is 15.8. The largest absolute Gasteiger partial charge is 0.360 e. The molecule has 0 aliphatic rings. The molecule has 0 amide bonds. The first-order valence-corrected chi connectivity index (χ1v) is 7.38. The topological polar surface area (TPSA) is 71.4 Å². The van der Waals surface area contributed by atoms with Crippen LogP contribution in [0, 0.1) is 6.92 Å². The minimum Gasteiger partial charge on any atom is -0.360 e. The van der Waals surface area contributed by atoms with Crippen LogP contribution in [0.15, 0.2) is 48.8 Å². The lowest BCUT2D eigenvalue weighted by molar-refractivity contribution is 0.743. The second-order valence-corrected chi connectivity index (χ2v) is 5.43. The lowest BCUT2D eigenvalue weighted by Crippen LogP contribution is -1.99. The maximum Gasteiger partial charge on any atom is 0.228 e. The van der Waals surface area contributed by atoms with Gasteiger partial charge in [0.25, 0.3) is 0 Å². The predicted octanol–water partition coefficient (Wildman–Crippen LogP) is 3.41. The van der Waals surface area contributed by atoms with Gasteiger partial charge in [-0.05, 0) is 19.1 Å². The van der Waals surface area contributed by atoms with E-state index in [0.29, 0.717) is 5.95 Å². The van der Waals surface area contributed by atoms with E-state index in [2.05, 4.69) is 37.5 Å². The fourth-order valence-electron chi connectivity index (χ4n) is 2.59. The number of benzene rings is 1. The second-order valence-electron chi connectivity index (χ2n) is 5.43. The van der Waals surface area contributed by atoms with E-state index in [4.69, 9.17) is 0 Å². The molecule has 4 aromatic rings. The zero-order valence-corrected chi connectivity index (χ0v) is 12.9. The number of hydrogen-bond donors (Lipinski definition) is 2. The van der Waals surface area contributed by atoms with Crippen molar-refractivity contribution in [2.75, 3.05) is 5.32 Å². The molecule has 0 saturated carbocycles. The van der Waals surface area contributed by atoms with Gasteiger partial charge in [0.1, 0.15) is 0 Å². The summed E-state index contributed by atoms with van der Waals surface area (Å²) in [4.78, 5) is 12.2. The third kappa shape index (κ3) is 2.44. The van der Waals surface area contributed by atoms with Crippen LogP contribution < -0.4 is 5.32 Å². The fraction of sp³-hybridized carbons (Fsp3) is 0.118.